The van der Waals surface area contributed by atoms with E-state index in [1.54, 1.807) is 0 Å². The number of hydrogen-bond donors (Lipinski definition) is 0. The van der Waals surface area contributed by atoms with Crippen molar-refractivity contribution < 1.29 is 4.74 Å². The molecule has 0 amide bonds. The molecule has 0 spiro atoms. The quantitative estimate of drug-likeness (QED) is 0.306. The standard InChI is InChI=1S/C29H38O/c1-3-5-7-8-24-9-11-25(12-10-24)13-14-26-15-17-27(18-16-26)28-19-21-29(22-20-28)30-23-6-4-2/h9-12,19-22,26-27H,3-8,15-18,23H2,1-2H3. The third kappa shape index (κ3) is 7.24. The maximum absolute atomic E-state index is 5.79. The van der Waals surface area contributed by atoms with Gasteiger partial charge in [-0.3, -0.25) is 0 Å². The first-order valence-corrected chi connectivity index (χ1v) is 12.1. The van der Waals surface area contributed by atoms with Gasteiger partial charge in [-0.05, 0) is 86.3 Å². The highest BCUT2D eigenvalue weighted by Crippen LogP contribution is 2.36. The summed E-state index contributed by atoms with van der Waals surface area (Å²) in [4.78, 5) is 0. The van der Waals surface area contributed by atoms with Gasteiger partial charge in [-0.15, -0.1) is 0 Å². The van der Waals surface area contributed by atoms with Gasteiger partial charge < -0.3 is 4.74 Å². The van der Waals surface area contributed by atoms with Gasteiger partial charge in [0, 0.05) is 11.5 Å². The maximum atomic E-state index is 5.79. The highest BCUT2D eigenvalue weighted by molar-refractivity contribution is 5.37. The summed E-state index contributed by atoms with van der Waals surface area (Å²) in [6, 6.07) is 17.7. The van der Waals surface area contributed by atoms with E-state index in [0.29, 0.717) is 11.8 Å². The van der Waals surface area contributed by atoms with E-state index in [1.807, 2.05) is 0 Å². The van der Waals surface area contributed by atoms with E-state index in [1.165, 1.54) is 68.9 Å². The number of aryl methyl sites for hydroxylation is 1. The molecule has 0 saturated heterocycles. The van der Waals surface area contributed by atoms with Gasteiger partial charge in [0.15, 0.2) is 0 Å². The molecule has 3 rings (SSSR count). The Kier molecular flexibility index (Phi) is 9.36. The molecule has 1 saturated carbocycles. The SMILES string of the molecule is CCCCCc1ccc(C#CC2CCC(c3ccc(OCCCC)cc3)CC2)cc1. The summed E-state index contributed by atoms with van der Waals surface area (Å²) in [6.07, 6.45) is 12.3. The largest absolute Gasteiger partial charge is 0.494 e. The molecule has 0 atom stereocenters. The topological polar surface area (TPSA) is 9.23 Å². The van der Waals surface area contributed by atoms with E-state index in [2.05, 4.69) is 74.2 Å². The molecule has 0 heterocycles. The molecule has 0 N–H and O–H groups in total. The molecule has 1 nitrogen and oxygen atoms in total. The lowest BCUT2D eigenvalue weighted by Gasteiger charge is -2.26. The van der Waals surface area contributed by atoms with Crippen molar-refractivity contribution in [3.05, 3.63) is 65.2 Å². The van der Waals surface area contributed by atoms with E-state index >= 15 is 0 Å². The lowest BCUT2D eigenvalue weighted by Crippen LogP contribution is -2.12. The van der Waals surface area contributed by atoms with Crippen molar-refractivity contribution >= 4 is 0 Å². The zero-order chi connectivity index (χ0) is 21.0. The minimum Gasteiger partial charge on any atom is -0.494 e. The fraction of sp³-hybridized carbons (Fsp3) is 0.517. The molecule has 160 valence electrons. The van der Waals surface area contributed by atoms with Crippen molar-refractivity contribution in [2.75, 3.05) is 6.61 Å². The lowest BCUT2D eigenvalue weighted by molar-refractivity contribution is 0.309. The predicted molar refractivity (Wildman–Crippen MR) is 128 cm³/mol. The second-order valence-electron chi connectivity index (χ2n) is 8.74. The van der Waals surface area contributed by atoms with E-state index < -0.39 is 0 Å². The van der Waals surface area contributed by atoms with Crippen LogP contribution in [-0.4, -0.2) is 6.61 Å². The Hall–Kier alpha value is -2.20. The third-order valence-corrected chi connectivity index (χ3v) is 6.29. The first kappa shape index (κ1) is 22.5. The van der Waals surface area contributed by atoms with Crippen molar-refractivity contribution in [3.63, 3.8) is 0 Å². The van der Waals surface area contributed by atoms with Gasteiger partial charge in [-0.25, -0.2) is 0 Å². The number of hydrogen-bond acceptors (Lipinski definition) is 1. The molecule has 2 aromatic rings. The van der Waals surface area contributed by atoms with Crippen LogP contribution in [0, 0.1) is 17.8 Å². The monoisotopic (exact) mass is 402 g/mol. The molecule has 1 aliphatic carbocycles. The summed E-state index contributed by atoms with van der Waals surface area (Å²) in [5.74, 6) is 9.20. The van der Waals surface area contributed by atoms with Crippen LogP contribution < -0.4 is 4.74 Å². The smallest absolute Gasteiger partial charge is 0.119 e. The average molecular weight is 403 g/mol. The Morgan fingerprint density at radius 2 is 1.50 bits per heavy atom. The molecule has 0 bridgehead atoms. The van der Waals surface area contributed by atoms with Crippen LogP contribution in [0.2, 0.25) is 0 Å². The Labute approximate surface area is 184 Å². The minimum atomic E-state index is 0.544. The molecule has 0 aliphatic heterocycles. The molecule has 30 heavy (non-hydrogen) atoms. The van der Waals surface area contributed by atoms with E-state index in [0.717, 1.165) is 24.3 Å². The van der Waals surface area contributed by atoms with Crippen LogP contribution in [0.4, 0.5) is 0 Å². The lowest BCUT2D eigenvalue weighted by atomic mass is 9.79. The summed E-state index contributed by atoms with van der Waals surface area (Å²) in [6.45, 7) is 5.27. The van der Waals surface area contributed by atoms with E-state index in [9.17, 15) is 0 Å². The Balaban J connectivity index is 1.44. The number of unbranched alkanes of at least 4 members (excludes halogenated alkanes) is 3. The van der Waals surface area contributed by atoms with Gasteiger partial charge in [-0.1, -0.05) is 69.2 Å². The molecule has 1 fully saturated rings. The van der Waals surface area contributed by atoms with Crippen LogP contribution >= 0.6 is 0 Å². The summed E-state index contributed by atoms with van der Waals surface area (Å²) in [5.41, 5.74) is 4.06. The van der Waals surface area contributed by atoms with Crippen LogP contribution in [0.1, 0.15) is 94.2 Å². The number of benzene rings is 2. The molecule has 1 heteroatoms. The Morgan fingerprint density at radius 1 is 0.800 bits per heavy atom. The third-order valence-electron chi connectivity index (χ3n) is 6.29. The molecule has 1 aliphatic rings. The first-order valence-electron chi connectivity index (χ1n) is 12.1. The second kappa shape index (κ2) is 12.5. The van der Waals surface area contributed by atoms with E-state index in [4.69, 9.17) is 4.74 Å². The molecule has 0 radical (unpaired) electrons. The summed E-state index contributed by atoms with van der Waals surface area (Å²) >= 11 is 0. The second-order valence-corrected chi connectivity index (χ2v) is 8.74. The van der Waals surface area contributed by atoms with Gasteiger partial charge in [0.2, 0.25) is 0 Å². The van der Waals surface area contributed by atoms with Gasteiger partial charge >= 0.3 is 0 Å². The fourth-order valence-corrected chi connectivity index (χ4v) is 4.26. The molecule has 0 aromatic heterocycles. The predicted octanol–water partition coefficient (Wildman–Crippen LogP) is 7.92. The first-order chi connectivity index (χ1) is 14.8. The summed E-state index contributed by atoms with van der Waals surface area (Å²) in [7, 11) is 0. The van der Waals surface area contributed by atoms with Crippen molar-refractivity contribution in [2.24, 2.45) is 5.92 Å². The maximum Gasteiger partial charge on any atom is 0.119 e. The van der Waals surface area contributed by atoms with Gasteiger partial charge in [0.25, 0.3) is 0 Å². The Morgan fingerprint density at radius 3 is 2.17 bits per heavy atom. The highest BCUT2D eigenvalue weighted by atomic mass is 16.5. The normalized spacial score (nSPS) is 18.5. The fourth-order valence-electron chi connectivity index (χ4n) is 4.26. The van der Waals surface area contributed by atoms with Crippen LogP contribution in [0.25, 0.3) is 0 Å². The summed E-state index contributed by atoms with van der Waals surface area (Å²) < 4.78 is 5.79. The molecular weight excluding hydrogens is 364 g/mol. The molecular formula is C29H38O. The highest BCUT2D eigenvalue weighted by Gasteiger charge is 2.21. The van der Waals surface area contributed by atoms with Gasteiger partial charge in [0.1, 0.15) is 5.75 Å². The van der Waals surface area contributed by atoms with Crippen molar-refractivity contribution in [1.29, 1.82) is 0 Å². The van der Waals surface area contributed by atoms with Crippen LogP contribution in [-0.2, 0) is 6.42 Å². The minimum absolute atomic E-state index is 0.544. The molecule has 2 aromatic carbocycles. The van der Waals surface area contributed by atoms with Crippen LogP contribution in [0.15, 0.2) is 48.5 Å². The number of rotatable bonds is 9. The average Bonchev–Trinajstić information content (AvgIpc) is 2.80. The van der Waals surface area contributed by atoms with Crippen molar-refractivity contribution in [1.82, 2.24) is 0 Å². The number of ether oxygens (including phenoxy) is 1. The van der Waals surface area contributed by atoms with E-state index in [-0.39, 0.29) is 0 Å². The Bertz CT molecular complexity index is 783. The summed E-state index contributed by atoms with van der Waals surface area (Å²) in [5, 5.41) is 0. The zero-order valence-corrected chi connectivity index (χ0v) is 19.0. The van der Waals surface area contributed by atoms with Crippen LogP contribution in [0.5, 0.6) is 5.75 Å². The molecule has 0 unspecified atom stereocenters. The zero-order valence-electron chi connectivity index (χ0n) is 19.0. The van der Waals surface area contributed by atoms with Crippen molar-refractivity contribution in [2.45, 2.75) is 84.0 Å². The van der Waals surface area contributed by atoms with Gasteiger partial charge in [0.05, 0.1) is 6.61 Å². The van der Waals surface area contributed by atoms with Crippen LogP contribution in [0.3, 0.4) is 0 Å². The van der Waals surface area contributed by atoms with Crippen molar-refractivity contribution in [3.8, 4) is 17.6 Å². The van der Waals surface area contributed by atoms with Gasteiger partial charge in [-0.2, -0.15) is 0 Å².